The van der Waals surface area contributed by atoms with E-state index in [1.54, 1.807) is 0 Å². The van der Waals surface area contributed by atoms with Crippen molar-refractivity contribution in [1.29, 1.82) is 0 Å². The molecule has 0 aromatic carbocycles. The Kier molecular flexibility index (Phi) is 68.9. The van der Waals surface area contributed by atoms with E-state index < -0.39 is 12.1 Å². The summed E-state index contributed by atoms with van der Waals surface area (Å²) in [4.78, 5) is 24.6. The summed E-state index contributed by atoms with van der Waals surface area (Å²) in [5.41, 5.74) is 0. The van der Waals surface area contributed by atoms with Crippen LogP contribution >= 0.6 is 0 Å². The zero-order valence-electron chi connectivity index (χ0n) is 54.6. The number of nitrogens with one attached hydrogen (secondary N) is 1. The summed E-state index contributed by atoms with van der Waals surface area (Å²) >= 11 is 0. The molecule has 0 aliphatic carbocycles. The van der Waals surface area contributed by atoms with Crippen LogP contribution in [0.5, 0.6) is 0 Å². The Morgan fingerprint density at radius 3 is 0.887 bits per heavy atom. The van der Waals surface area contributed by atoms with Crippen molar-refractivity contribution in [3.63, 3.8) is 0 Å². The number of rotatable bonds is 70. The van der Waals surface area contributed by atoms with E-state index in [1.165, 1.54) is 353 Å². The summed E-state index contributed by atoms with van der Waals surface area (Å²) in [5, 5.41) is 23.4. The van der Waals surface area contributed by atoms with Gasteiger partial charge in [-0.3, -0.25) is 9.59 Å². The minimum absolute atomic E-state index is 0.0189. The highest BCUT2D eigenvalue weighted by atomic mass is 16.5. The number of carbonyl (C=O) groups excluding carboxylic acids is 2. The average molecular weight is 1130 g/mol. The highest BCUT2D eigenvalue weighted by molar-refractivity contribution is 5.76. The van der Waals surface area contributed by atoms with Gasteiger partial charge in [0, 0.05) is 12.8 Å². The lowest BCUT2D eigenvalue weighted by atomic mass is 10.0. The topological polar surface area (TPSA) is 95.9 Å². The highest BCUT2D eigenvalue weighted by Gasteiger charge is 2.20. The zero-order chi connectivity index (χ0) is 57.8. The molecule has 0 heterocycles. The summed E-state index contributed by atoms with van der Waals surface area (Å²) < 4.78 is 5.48. The van der Waals surface area contributed by atoms with Crippen LogP contribution in [0.2, 0.25) is 0 Å². The maximum atomic E-state index is 12.6. The van der Waals surface area contributed by atoms with Gasteiger partial charge in [-0.2, -0.15) is 0 Å². The van der Waals surface area contributed by atoms with Crippen LogP contribution < -0.4 is 5.32 Å². The van der Waals surface area contributed by atoms with Gasteiger partial charge in [0.05, 0.1) is 25.4 Å². The molecule has 0 rings (SSSR count). The van der Waals surface area contributed by atoms with Crippen molar-refractivity contribution in [3.05, 3.63) is 12.2 Å². The molecule has 6 heteroatoms. The van der Waals surface area contributed by atoms with Gasteiger partial charge in [-0.15, -0.1) is 0 Å². The van der Waals surface area contributed by atoms with Crippen molar-refractivity contribution in [2.24, 2.45) is 0 Å². The molecule has 476 valence electrons. The van der Waals surface area contributed by atoms with Gasteiger partial charge in [0.2, 0.25) is 5.91 Å². The molecule has 2 atom stereocenters. The van der Waals surface area contributed by atoms with Crippen LogP contribution in [0.3, 0.4) is 0 Å². The number of aliphatic hydroxyl groups is 2. The van der Waals surface area contributed by atoms with Crippen LogP contribution in [-0.2, 0) is 14.3 Å². The monoisotopic (exact) mass is 1130 g/mol. The zero-order valence-corrected chi connectivity index (χ0v) is 54.6. The number of hydrogen-bond donors (Lipinski definition) is 3. The molecule has 0 spiro atoms. The molecule has 1 amide bonds. The second kappa shape index (κ2) is 70.1. The molecule has 3 N–H and O–H groups in total. The minimum atomic E-state index is -0.664. The first-order valence-electron chi connectivity index (χ1n) is 36.9. The maximum absolute atomic E-state index is 12.6. The van der Waals surface area contributed by atoms with E-state index in [-0.39, 0.29) is 18.5 Å². The Bertz CT molecular complexity index is 1210. The quantitative estimate of drug-likeness (QED) is 0.0320. The fourth-order valence-electron chi connectivity index (χ4n) is 11.9. The van der Waals surface area contributed by atoms with Crippen LogP contribution in [0.1, 0.15) is 425 Å². The molecule has 6 nitrogen and oxygen atoms in total. The van der Waals surface area contributed by atoms with Gasteiger partial charge in [0.15, 0.2) is 0 Å². The first-order valence-corrected chi connectivity index (χ1v) is 36.9. The van der Waals surface area contributed by atoms with Gasteiger partial charge >= 0.3 is 5.97 Å². The van der Waals surface area contributed by atoms with Crippen LogP contribution in [0, 0.1) is 0 Å². The average Bonchev–Trinajstić information content (AvgIpc) is 3.46. The number of amides is 1. The molecule has 0 fully saturated rings. The van der Waals surface area contributed by atoms with Gasteiger partial charge in [0.25, 0.3) is 0 Å². The van der Waals surface area contributed by atoms with Crippen LogP contribution in [0.15, 0.2) is 12.2 Å². The lowest BCUT2D eigenvalue weighted by Gasteiger charge is -2.22. The molecule has 0 radical (unpaired) electrons. The molecule has 80 heavy (non-hydrogen) atoms. The molecule has 0 aromatic rings. The molecular weight excluding hydrogens is 983 g/mol. The molecule has 2 unspecified atom stereocenters. The van der Waals surface area contributed by atoms with E-state index in [9.17, 15) is 19.8 Å². The van der Waals surface area contributed by atoms with E-state index in [1.807, 2.05) is 0 Å². The highest BCUT2D eigenvalue weighted by Crippen LogP contribution is 2.19. The third-order valence-electron chi connectivity index (χ3n) is 17.6. The molecule has 0 aromatic heterocycles. The fourth-order valence-corrected chi connectivity index (χ4v) is 11.9. The number of esters is 1. The van der Waals surface area contributed by atoms with Crippen molar-refractivity contribution in [2.45, 2.75) is 437 Å². The number of ether oxygens (including phenoxy) is 1. The Balaban J connectivity index is 3.36. The van der Waals surface area contributed by atoms with Crippen LogP contribution in [-0.4, -0.2) is 47.4 Å². The Morgan fingerprint density at radius 2 is 0.588 bits per heavy atom. The van der Waals surface area contributed by atoms with Gasteiger partial charge in [0.1, 0.15) is 0 Å². The largest absolute Gasteiger partial charge is 0.466 e. The maximum Gasteiger partial charge on any atom is 0.305 e. The molecule has 0 saturated heterocycles. The lowest BCUT2D eigenvalue weighted by Crippen LogP contribution is -2.45. The van der Waals surface area contributed by atoms with Crippen molar-refractivity contribution >= 4 is 11.9 Å². The molecule has 0 saturated carbocycles. The Labute approximate surface area is 501 Å². The van der Waals surface area contributed by atoms with Crippen molar-refractivity contribution < 1.29 is 24.5 Å². The van der Waals surface area contributed by atoms with Crippen LogP contribution in [0.4, 0.5) is 0 Å². The van der Waals surface area contributed by atoms with E-state index in [0.717, 1.165) is 38.5 Å². The first kappa shape index (κ1) is 78.6. The molecule has 0 aliphatic rings. The smallest absolute Gasteiger partial charge is 0.305 e. The number of aliphatic hydroxyl groups excluding tert-OH is 2. The summed E-state index contributed by atoms with van der Waals surface area (Å²) in [5.74, 6) is -0.00938. The Hall–Kier alpha value is -1.40. The molecule has 0 bridgehead atoms. The second-order valence-electron chi connectivity index (χ2n) is 25.6. The van der Waals surface area contributed by atoms with Gasteiger partial charge in [-0.25, -0.2) is 0 Å². The summed E-state index contributed by atoms with van der Waals surface area (Å²) in [6.45, 7) is 5.00. The fraction of sp³-hybridized carbons (Fsp3) is 0.946. The van der Waals surface area contributed by atoms with E-state index in [2.05, 4.69) is 31.3 Å². The van der Waals surface area contributed by atoms with Gasteiger partial charge in [-0.05, 0) is 51.4 Å². The van der Waals surface area contributed by atoms with E-state index in [4.69, 9.17) is 4.74 Å². The van der Waals surface area contributed by atoms with E-state index in [0.29, 0.717) is 25.9 Å². The summed E-state index contributed by atoms with van der Waals surface area (Å²) in [6, 6.07) is -0.541. The van der Waals surface area contributed by atoms with Crippen molar-refractivity contribution in [3.8, 4) is 0 Å². The van der Waals surface area contributed by atoms with Crippen LogP contribution in [0.25, 0.3) is 0 Å². The predicted octanol–water partition coefficient (Wildman–Crippen LogP) is 23.9. The number of hydrogen-bond acceptors (Lipinski definition) is 5. The molecule has 0 aliphatic heterocycles. The standard InChI is InChI=1S/C74H145NO5/c1-3-5-7-9-11-13-15-17-18-19-20-31-34-37-40-43-46-50-54-58-62-66-72(77)71(70-76)75-73(78)67-63-59-55-51-47-44-41-38-35-32-29-27-25-23-21-22-24-26-28-30-33-36-39-42-45-49-53-57-61-65-69-80-74(79)68-64-60-56-52-48-16-14-12-10-8-6-4-2/h22,24,71-72,76-77H,3-21,23,25-70H2,1-2H3,(H,75,78)/b24-22-. The third kappa shape index (κ3) is 65.7. The SMILES string of the molecule is CCCCCCCCCCCCCCCCCCCCCCCC(O)C(CO)NC(=O)CCCCCCCCCCCCCCCC/C=C\CCCCCCCCCCCCCCOC(=O)CCCCCCCCCCCCCC. The van der Waals surface area contributed by atoms with E-state index >= 15 is 0 Å². The number of carbonyl (C=O) groups is 2. The summed E-state index contributed by atoms with van der Waals surface area (Å²) in [6.07, 6.45) is 87.0. The van der Waals surface area contributed by atoms with Gasteiger partial charge in [-0.1, -0.05) is 373 Å². The van der Waals surface area contributed by atoms with Crippen molar-refractivity contribution in [1.82, 2.24) is 5.32 Å². The predicted molar refractivity (Wildman–Crippen MR) is 352 cm³/mol. The number of allylic oxidation sites excluding steroid dienone is 2. The third-order valence-corrected chi connectivity index (χ3v) is 17.6. The first-order chi connectivity index (χ1) is 39.5. The number of unbranched alkanes of at least 4 members (excludes halogenated alkanes) is 57. The Morgan fingerprint density at radius 1 is 0.338 bits per heavy atom. The normalized spacial score (nSPS) is 12.5. The molecular formula is C74H145NO5. The summed E-state index contributed by atoms with van der Waals surface area (Å²) in [7, 11) is 0. The van der Waals surface area contributed by atoms with Gasteiger partial charge < -0.3 is 20.3 Å². The second-order valence-corrected chi connectivity index (χ2v) is 25.6. The minimum Gasteiger partial charge on any atom is -0.466 e. The van der Waals surface area contributed by atoms with Crippen molar-refractivity contribution in [2.75, 3.05) is 13.2 Å². The lowest BCUT2D eigenvalue weighted by molar-refractivity contribution is -0.143.